The molecule has 0 aliphatic carbocycles. The Labute approximate surface area is 143 Å². The van der Waals surface area contributed by atoms with Crippen LogP contribution in [0.3, 0.4) is 0 Å². The van der Waals surface area contributed by atoms with Crippen LogP contribution in [0.25, 0.3) is 0 Å². The average molecular weight is 370 g/mol. The van der Waals surface area contributed by atoms with E-state index in [9.17, 15) is 13.8 Å². The van der Waals surface area contributed by atoms with Gasteiger partial charge in [0.25, 0.3) is 0 Å². The fourth-order valence-electron chi connectivity index (χ4n) is 1.74. The van der Waals surface area contributed by atoms with Gasteiger partial charge in [-0.1, -0.05) is 36.4 Å². The highest BCUT2D eigenvalue weighted by atomic mass is 32.7. The van der Waals surface area contributed by atoms with Crippen molar-refractivity contribution in [1.29, 1.82) is 0 Å². The van der Waals surface area contributed by atoms with Crippen LogP contribution in [0.1, 0.15) is 0 Å². The fourth-order valence-corrected chi connectivity index (χ4v) is 7.02. The molecule has 0 saturated heterocycles. The highest BCUT2D eigenvalue weighted by Crippen LogP contribution is 2.65. The normalized spacial score (nSPS) is 13.2. The molecule has 1 atom stereocenters. The number of amides is 1. The monoisotopic (exact) mass is 370 g/mol. The zero-order chi connectivity index (χ0) is 16.9. The second kappa shape index (κ2) is 7.90. The molecular formula is C15H16FN2O2PS2. The van der Waals surface area contributed by atoms with Crippen molar-refractivity contribution in [3.8, 4) is 0 Å². The van der Waals surface area contributed by atoms with Gasteiger partial charge >= 0.3 is 6.16 Å². The summed E-state index contributed by atoms with van der Waals surface area (Å²) in [6, 6.07) is 18.3. The van der Waals surface area contributed by atoms with Crippen LogP contribution >= 0.6 is 30.0 Å². The maximum atomic E-state index is 13.2. The molecule has 2 aromatic carbocycles. The molecule has 0 bridgehead atoms. The van der Waals surface area contributed by atoms with Crippen LogP contribution in [-0.4, -0.2) is 24.2 Å². The fraction of sp³-hybridized carbons (Fsp3) is 0.133. The first-order valence-corrected chi connectivity index (χ1v) is 10.9. The van der Waals surface area contributed by atoms with Crippen molar-refractivity contribution in [2.75, 3.05) is 17.8 Å². The summed E-state index contributed by atoms with van der Waals surface area (Å²) < 4.78 is 28.5. The molecule has 23 heavy (non-hydrogen) atoms. The van der Waals surface area contributed by atoms with Crippen molar-refractivity contribution in [1.82, 2.24) is 4.31 Å². The molecule has 0 radical (unpaired) electrons. The molecule has 0 aliphatic rings. The number of anilines is 1. The average Bonchev–Trinajstić information content (AvgIpc) is 2.53. The number of carbonyl (C=O) groups excluding carboxylic acids is 1. The number of hydrogen-bond acceptors (Lipinski definition) is 4. The number of nitrogens with zero attached hydrogens (tertiary/aromatic N) is 2. The molecule has 122 valence electrons. The summed E-state index contributed by atoms with van der Waals surface area (Å²) in [4.78, 5) is 11.8. The smallest absolute Gasteiger partial charge is 0.287 e. The Morgan fingerprint density at radius 1 is 1.04 bits per heavy atom. The molecule has 8 heteroatoms. The molecule has 0 heterocycles. The zero-order valence-electron chi connectivity index (χ0n) is 12.6. The molecular weight excluding hydrogens is 354 g/mol. The molecule has 1 amide bonds. The van der Waals surface area contributed by atoms with Gasteiger partial charge in [0, 0.05) is 18.6 Å². The molecule has 0 spiro atoms. The first-order valence-electron chi connectivity index (χ1n) is 6.69. The van der Waals surface area contributed by atoms with E-state index in [-0.39, 0.29) is 0 Å². The number of halogens is 1. The Morgan fingerprint density at radius 2 is 1.57 bits per heavy atom. The number of rotatable bonds is 6. The standard InChI is InChI=1S/C15H16FN2O2PS2/c1-17(15(16)19)23-18(13-9-5-3-6-10-13)21(2,20)22-14-11-7-4-8-12-14/h3-12H,1-2H3. The van der Waals surface area contributed by atoms with E-state index in [1.54, 1.807) is 30.9 Å². The van der Waals surface area contributed by atoms with Gasteiger partial charge in [0.2, 0.25) is 6.49 Å². The van der Waals surface area contributed by atoms with Crippen LogP contribution in [0.4, 0.5) is 14.9 Å². The van der Waals surface area contributed by atoms with Crippen molar-refractivity contribution >= 4 is 41.9 Å². The molecule has 0 aromatic heterocycles. The Bertz CT molecular complexity index is 703. The molecule has 4 nitrogen and oxygen atoms in total. The maximum absolute atomic E-state index is 13.2. The predicted molar refractivity (Wildman–Crippen MR) is 96.6 cm³/mol. The van der Waals surface area contributed by atoms with Gasteiger partial charge in [-0.3, -0.25) is 4.57 Å². The Balaban J connectivity index is 2.31. The highest BCUT2D eigenvalue weighted by Gasteiger charge is 2.30. The molecule has 0 N–H and O–H groups in total. The van der Waals surface area contributed by atoms with Crippen molar-refractivity contribution in [3.05, 3.63) is 60.7 Å². The molecule has 1 unspecified atom stereocenters. The van der Waals surface area contributed by atoms with Crippen LogP contribution in [0.15, 0.2) is 65.6 Å². The third-order valence-electron chi connectivity index (χ3n) is 2.77. The van der Waals surface area contributed by atoms with Crippen molar-refractivity contribution in [2.24, 2.45) is 0 Å². The maximum Gasteiger partial charge on any atom is 0.411 e. The molecule has 0 fully saturated rings. The zero-order valence-corrected chi connectivity index (χ0v) is 15.2. The van der Waals surface area contributed by atoms with E-state index in [2.05, 4.69) is 0 Å². The second-order valence-electron chi connectivity index (χ2n) is 4.65. The lowest BCUT2D eigenvalue weighted by Gasteiger charge is -2.30. The van der Waals surface area contributed by atoms with Crippen LogP contribution in [-0.2, 0) is 4.57 Å². The predicted octanol–water partition coefficient (Wildman–Crippen LogP) is 5.69. The van der Waals surface area contributed by atoms with Gasteiger partial charge in [-0.25, -0.2) is 13.2 Å². The Hall–Kier alpha value is -1.43. The summed E-state index contributed by atoms with van der Waals surface area (Å²) in [6.07, 6.45) is -1.60. The quantitative estimate of drug-likeness (QED) is 0.283. The first kappa shape index (κ1) is 17.9. The largest absolute Gasteiger partial charge is 0.411 e. The lowest BCUT2D eigenvalue weighted by atomic mass is 10.3. The van der Waals surface area contributed by atoms with Crippen LogP contribution in [0.5, 0.6) is 0 Å². The van der Waals surface area contributed by atoms with E-state index in [1.807, 2.05) is 36.4 Å². The third kappa shape index (κ3) is 5.03. The van der Waals surface area contributed by atoms with Gasteiger partial charge < -0.3 is 0 Å². The minimum absolute atomic E-state index is 0.639. The molecule has 0 saturated carbocycles. The summed E-state index contributed by atoms with van der Waals surface area (Å²) in [6.45, 7) is -1.39. The Kier molecular flexibility index (Phi) is 6.16. The number of hydrogen-bond donors (Lipinski definition) is 0. The van der Waals surface area contributed by atoms with Gasteiger partial charge in [0.1, 0.15) is 0 Å². The minimum atomic E-state index is -2.99. The van der Waals surface area contributed by atoms with Crippen molar-refractivity contribution in [2.45, 2.75) is 4.90 Å². The van der Waals surface area contributed by atoms with Gasteiger partial charge in [-0.15, -0.1) is 4.39 Å². The van der Waals surface area contributed by atoms with Gasteiger partial charge in [-0.2, -0.15) is 0 Å². The van der Waals surface area contributed by atoms with E-state index >= 15 is 0 Å². The van der Waals surface area contributed by atoms with Gasteiger partial charge in [0.15, 0.2) is 0 Å². The number of carbonyl (C=O) groups is 1. The summed E-state index contributed by atoms with van der Waals surface area (Å²) in [7, 11) is 1.30. The van der Waals surface area contributed by atoms with Crippen molar-refractivity contribution in [3.63, 3.8) is 0 Å². The topological polar surface area (TPSA) is 40.6 Å². The lowest BCUT2D eigenvalue weighted by molar-refractivity contribution is 0.209. The number of para-hydroxylation sites is 1. The third-order valence-corrected chi connectivity index (χ3v) is 8.84. The van der Waals surface area contributed by atoms with Gasteiger partial charge in [0.05, 0.1) is 17.8 Å². The van der Waals surface area contributed by atoms with Crippen molar-refractivity contribution < 1.29 is 13.8 Å². The van der Waals surface area contributed by atoms with Gasteiger partial charge in [-0.05, 0) is 35.6 Å². The van der Waals surface area contributed by atoms with E-state index in [4.69, 9.17) is 0 Å². The summed E-state index contributed by atoms with van der Waals surface area (Å²) in [5, 5.41) is 0. The molecule has 2 rings (SSSR count). The SMILES string of the molecule is CN(SN(c1ccccc1)P(C)(=O)Sc1ccccc1)C(=O)F. The first-order chi connectivity index (χ1) is 10.9. The van der Waals surface area contributed by atoms with E-state index in [0.717, 1.165) is 21.3 Å². The Morgan fingerprint density at radius 3 is 2.09 bits per heavy atom. The van der Waals surface area contributed by atoms with Crippen LogP contribution in [0, 0.1) is 0 Å². The van der Waals surface area contributed by atoms with E-state index in [0.29, 0.717) is 5.69 Å². The second-order valence-corrected chi connectivity index (χ2v) is 11.2. The number of benzene rings is 2. The highest BCUT2D eigenvalue weighted by molar-refractivity contribution is 8.60. The lowest BCUT2D eigenvalue weighted by Crippen LogP contribution is -2.21. The van der Waals surface area contributed by atoms with Crippen LogP contribution < -0.4 is 4.08 Å². The molecule has 0 aliphatic heterocycles. The minimum Gasteiger partial charge on any atom is -0.287 e. The summed E-state index contributed by atoms with van der Waals surface area (Å²) in [5.41, 5.74) is 0.639. The molecule has 2 aromatic rings. The summed E-state index contributed by atoms with van der Waals surface area (Å²) in [5.74, 6) is 0. The van der Waals surface area contributed by atoms with E-state index < -0.39 is 12.7 Å². The van der Waals surface area contributed by atoms with Crippen LogP contribution in [0.2, 0.25) is 0 Å². The summed E-state index contributed by atoms with van der Waals surface area (Å²) >= 11 is 1.99. The van der Waals surface area contributed by atoms with E-state index in [1.165, 1.54) is 22.5 Å².